The number of carbonyl (C=O) groups excluding carboxylic acids is 1. The van der Waals surface area contributed by atoms with Crippen molar-refractivity contribution in [2.45, 2.75) is 39.2 Å². The van der Waals surface area contributed by atoms with Gasteiger partial charge in [-0.25, -0.2) is 0 Å². The van der Waals surface area contributed by atoms with Crippen molar-refractivity contribution in [1.29, 1.82) is 0 Å². The third kappa shape index (κ3) is 4.30. The molecule has 0 aliphatic carbocycles. The zero-order chi connectivity index (χ0) is 22.0. The monoisotopic (exact) mass is 418 g/mol. The smallest absolute Gasteiger partial charge is 0.223 e. The number of hydrogen-bond acceptors (Lipinski definition) is 5. The fourth-order valence-electron chi connectivity index (χ4n) is 3.72. The van der Waals surface area contributed by atoms with Crippen LogP contribution >= 0.6 is 0 Å². The number of nitrogens with one attached hydrogen (secondary N) is 2. The summed E-state index contributed by atoms with van der Waals surface area (Å²) in [5.41, 5.74) is 3.52. The Hall–Kier alpha value is -3.61. The average Bonchev–Trinajstić information content (AvgIpc) is 3.36. The molecule has 0 saturated heterocycles. The van der Waals surface area contributed by atoms with E-state index in [1.54, 1.807) is 14.0 Å². The van der Waals surface area contributed by atoms with Crippen LogP contribution in [0.25, 0.3) is 22.2 Å². The second-order valence-electron chi connectivity index (χ2n) is 8.06. The average molecular weight is 418 g/mol. The van der Waals surface area contributed by atoms with Crippen molar-refractivity contribution in [1.82, 2.24) is 20.4 Å². The molecular formula is C24H26N4O3. The van der Waals surface area contributed by atoms with Gasteiger partial charge in [0.1, 0.15) is 5.75 Å². The number of fused-ring (bicyclic) bond motifs is 1. The second kappa shape index (κ2) is 8.26. The Balaban J connectivity index is 1.56. The summed E-state index contributed by atoms with van der Waals surface area (Å²) in [5.74, 6) is 1.67. The zero-order valence-electron chi connectivity index (χ0n) is 18.2. The molecule has 4 aromatic rings. The molecule has 2 heterocycles. The third-order valence-electron chi connectivity index (χ3n) is 5.33. The number of hydrogen-bond donors (Lipinski definition) is 2. The summed E-state index contributed by atoms with van der Waals surface area (Å²) in [6, 6.07) is 16.1. The van der Waals surface area contributed by atoms with Crippen LogP contribution in [0.4, 0.5) is 0 Å². The number of nitrogens with zero attached hydrogens (tertiary/aromatic N) is 2. The molecule has 160 valence electrons. The molecule has 2 aromatic heterocycles. The standard InChI is InChI=1S/C24H26N4O3/c1-15-25-23(28-31-15)24(2,3)27-21(29)14-13-19-18-7-5-6-8-20(18)26-22(19)16-9-11-17(30-4)12-10-16/h5-12,26H,13-14H2,1-4H3,(H,27,29). The largest absolute Gasteiger partial charge is 0.497 e. The number of rotatable bonds is 7. The predicted octanol–water partition coefficient (Wildman–Crippen LogP) is 4.52. The van der Waals surface area contributed by atoms with E-state index in [0.29, 0.717) is 24.6 Å². The minimum atomic E-state index is -0.714. The maximum atomic E-state index is 12.8. The fraction of sp³-hybridized carbons (Fsp3) is 0.292. The van der Waals surface area contributed by atoms with Crippen LogP contribution in [0.3, 0.4) is 0 Å². The highest BCUT2D eigenvalue weighted by Gasteiger charge is 2.28. The van der Waals surface area contributed by atoms with Crippen LogP contribution in [-0.4, -0.2) is 28.1 Å². The molecule has 0 saturated carbocycles. The van der Waals surface area contributed by atoms with Crippen molar-refractivity contribution in [3.63, 3.8) is 0 Å². The summed E-state index contributed by atoms with van der Waals surface area (Å²) in [5, 5.41) is 8.08. The molecule has 0 bridgehead atoms. The Morgan fingerprint density at radius 2 is 1.90 bits per heavy atom. The molecular weight excluding hydrogens is 392 g/mol. The van der Waals surface area contributed by atoms with Crippen LogP contribution in [0.2, 0.25) is 0 Å². The lowest BCUT2D eigenvalue weighted by atomic mass is 10.00. The normalized spacial score (nSPS) is 11.6. The van der Waals surface area contributed by atoms with Crippen LogP contribution in [0.1, 0.15) is 37.5 Å². The number of methoxy groups -OCH3 is 1. The highest BCUT2D eigenvalue weighted by Crippen LogP contribution is 2.32. The maximum Gasteiger partial charge on any atom is 0.223 e. The van der Waals surface area contributed by atoms with Gasteiger partial charge < -0.3 is 19.6 Å². The molecule has 7 nitrogen and oxygen atoms in total. The van der Waals surface area contributed by atoms with Crippen molar-refractivity contribution in [2.24, 2.45) is 0 Å². The van der Waals surface area contributed by atoms with Crippen LogP contribution in [-0.2, 0) is 16.8 Å². The molecule has 0 radical (unpaired) electrons. The minimum Gasteiger partial charge on any atom is -0.497 e. The Kier molecular flexibility index (Phi) is 5.50. The molecule has 0 spiro atoms. The molecule has 0 fully saturated rings. The number of amides is 1. The molecule has 31 heavy (non-hydrogen) atoms. The molecule has 0 aliphatic heterocycles. The topological polar surface area (TPSA) is 93.0 Å². The first-order valence-electron chi connectivity index (χ1n) is 10.2. The lowest BCUT2D eigenvalue weighted by Crippen LogP contribution is -2.42. The lowest BCUT2D eigenvalue weighted by Gasteiger charge is -2.22. The van der Waals surface area contributed by atoms with E-state index in [1.807, 2.05) is 56.3 Å². The SMILES string of the molecule is COc1ccc(-c2[nH]c3ccccc3c2CCC(=O)NC(C)(C)c2noc(C)n2)cc1. The van der Waals surface area contributed by atoms with Crippen molar-refractivity contribution in [2.75, 3.05) is 7.11 Å². The number of aryl methyl sites for hydroxylation is 2. The maximum absolute atomic E-state index is 12.8. The van der Waals surface area contributed by atoms with E-state index in [9.17, 15) is 4.79 Å². The number of H-pyrrole nitrogens is 1. The summed E-state index contributed by atoms with van der Waals surface area (Å²) >= 11 is 0. The summed E-state index contributed by atoms with van der Waals surface area (Å²) < 4.78 is 10.3. The molecule has 2 aromatic carbocycles. The summed E-state index contributed by atoms with van der Waals surface area (Å²) in [6.07, 6.45) is 0.934. The van der Waals surface area contributed by atoms with Crippen molar-refractivity contribution in [3.8, 4) is 17.0 Å². The highest BCUT2D eigenvalue weighted by atomic mass is 16.5. The first-order chi connectivity index (χ1) is 14.9. The van der Waals surface area contributed by atoms with Crippen molar-refractivity contribution >= 4 is 16.8 Å². The number of aromatic nitrogens is 3. The van der Waals surface area contributed by atoms with Crippen LogP contribution in [0, 0.1) is 6.92 Å². The molecule has 0 aliphatic rings. The number of ether oxygens (including phenoxy) is 1. The Bertz CT molecular complexity index is 1210. The van der Waals surface area contributed by atoms with E-state index < -0.39 is 5.54 Å². The summed E-state index contributed by atoms with van der Waals surface area (Å²) in [6.45, 7) is 5.46. The van der Waals surface area contributed by atoms with Gasteiger partial charge in [0, 0.05) is 29.9 Å². The lowest BCUT2D eigenvalue weighted by molar-refractivity contribution is -0.122. The van der Waals surface area contributed by atoms with Gasteiger partial charge in [-0.3, -0.25) is 4.79 Å². The second-order valence-corrected chi connectivity index (χ2v) is 8.06. The Morgan fingerprint density at radius 3 is 2.58 bits per heavy atom. The molecule has 7 heteroatoms. The first kappa shape index (κ1) is 20.7. The van der Waals surface area contributed by atoms with Gasteiger partial charge in [0.2, 0.25) is 11.8 Å². The van der Waals surface area contributed by atoms with Crippen LogP contribution in [0.5, 0.6) is 5.75 Å². The van der Waals surface area contributed by atoms with E-state index in [-0.39, 0.29) is 5.91 Å². The van der Waals surface area contributed by atoms with Gasteiger partial charge in [0.15, 0.2) is 5.82 Å². The molecule has 0 atom stereocenters. The van der Waals surface area contributed by atoms with Gasteiger partial charge in [-0.1, -0.05) is 23.4 Å². The fourth-order valence-corrected chi connectivity index (χ4v) is 3.72. The minimum absolute atomic E-state index is 0.0709. The van der Waals surface area contributed by atoms with Crippen molar-refractivity contribution < 1.29 is 14.1 Å². The van der Waals surface area contributed by atoms with Gasteiger partial charge in [-0.05, 0) is 61.7 Å². The highest BCUT2D eigenvalue weighted by molar-refractivity contribution is 5.91. The van der Waals surface area contributed by atoms with E-state index in [4.69, 9.17) is 9.26 Å². The van der Waals surface area contributed by atoms with E-state index in [0.717, 1.165) is 33.5 Å². The third-order valence-corrected chi connectivity index (χ3v) is 5.33. The van der Waals surface area contributed by atoms with Crippen molar-refractivity contribution in [3.05, 3.63) is 65.8 Å². The first-order valence-corrected chi connectivity index (χ1v) is 10.2. The number of aromatic amines is 1. The van der Waals surface area contributed by atoms with E-state index >= 15 is 0 Å². The number of carbonyl (C=O) groups is 1. The molecule has 0 unspecified atom stereocenters. The van der Waals surface area contributed by atoms with E-state index in [1.165, 1.54) is 0 Å². The van der Waals surface area contributed by atoms with E-state index in [2.05, 4.69) is 26.5 Å². The molecule has 1 amide bonds. The Labute approximate surface area is 180 Å². The van der Waals surface area contributed by atoms with Gasteiger partial charge in [-0.2, -0.15) is 4.98 Å². The van der Waals surface area contributed by atoms with Crippen LogP contribution in [0.15, 0.2) is 53.1 Å². The number of benzene rings is 2. The zero-order valence-corrected chi connectivity index (χ0v) is 18.2. The van der Waals surface area contributed by atoms with Gasteiger partial charge in [0.05, 0.1) is 12.6 Å². The molecule has 2 N–H and O–H groups in total. The summed E-state index contributed by atoms with van der Waals surface area (Å²) in [4.78, 5) is 20.5. The Morgan fingerprint density at radius 1 is 1.16 bits per heavy atom. The predicted molar refractivity (Wildman–Crippen MR) is 119 cm³/mol. The molecule has 4 rings (SSSR count). The summed E-state index contributed by atoms with van der Waals surface area (Å²) in [7, 11) is 1.65. The van der Waals surface area contributed by atoms with Crippen LogP contribution < -0.4 is 10.1 Å². The van der Waals surface area contributed by atoms with Gasteiger partial charge in [0.25, 0.3) is 0 Å². The van der Waals surface area contributed by atoms with Gasteiger partial charge >= 0.3 is 0 Å². The number of para-hydroxylation sites is 1. The van der Waals surface area contributed by atoms with Gasteiger partial charge in [-0.15, -0.1) is 0 Å². The quantitative estimate of drug-likeness (QED) is 0.460.